The van der Waals surface area contributed by atoms with Crippen molar-refractivity contribution in [1.82, 2.24) is 0 Å². The maximum Gasteiger partial charge on any atom is 0.144 e. The van der Waals surface area contributed by atoms with Crippen LogP contribution in [0.2, 0.25) is 0 Å². The number of halogens is 2. The van der Waals surface area contributed by atoms with Crippen LogP contribution in [0.1, 0.15) is 30.5 Å². The van der Waals surface area contributed by atoms with E-state index in [0.717, 1.165) is 12.1 Å². The van der Waals surface area contributed by atoms with Gasteiger partial charge in [-0.1, -0.05) is 6.92 Å². The Bertz CT molecular complexity index is 359. The van der Waals surface area contributed by atoms with Gasteiger partial charge in [0, 0.05) is 6.04 Å². The molecule has 1 rings (SSSR count). The third-order valence-electron chi connectivity index (χ3n) is 2.04. The van der Waals surface area contributed by atoms with E-state index in [1.54, 1.807) is 0 Å². The minimum atomic E-state index is -0.855. The van der Waals surface area contributed by atoms with Gasteiger partial charge in [0.05, 0.1) is 0 Å². The molecule has 0 saturated carbocycles. The number of rotatable bonds is 2. The van der Waals surface area contributed by atoms with Gasteiger partial charge in [0.2, 0.25) is 0 Å². The fraction of sp³-hybridized carbons (Fsp3) is 0.300. The van der Waals surface area contributed by atoms with Crippen molar-refractivity contribution in [1.29, 1.82) is 5.26 Å². The summed E-state index contributed by atoms with van der Waals surface area (Å²) in [4.78, 5) is 0. The largest absolute Gasteiger partial charge is 0.324 e. The molecule has 0 fully saturated rings. The van der Waals surface area contributed by atoms with Crippen LogP contribution in [-0.4, -0.2) is 0 Å². The third kappa shape index (κ3) is 1.88. The van der Waals surface area contributed by atoms with Crippen molar-refractivity contribution >= 4 is 0 Å². The average Bonchev–Trinajstić information content (AvgIpc) is 2.16. The molecule has 0 aliphatic rings. The number of nitriles is 1. The summed E-state index contributed by atoms with van der Waals surface area (Å²) in [5.74, 6) is -1.71. The zero-order valence-corrected chi connectivity index (χ0v) is 7.72. The number of nitrogens with zero attached hydrogens (tertiary/aromatic N) is 1. The van der Waals surface area contributed by atoms with Crippen LogP contribution in [0.5, 0.6) is 0 Å². The van der Waals surface area contributed by atoms with E-state index >= 15 is 0 Å². The molecular formula is C10H10F2N2. The molecule has 0 aliphatic carbocycles. The fourth-order valence-electron chi connectivity index (χ4n) is 1.15. The van der Waals surface area contributed by atoms with Gasteiger partial charge in [0.15, 0.2) is 0 Å². The van der Waals surface area contributed by atoms with E-state index in [9.17, 15) is 8.78 Å². The summed E-state index contributed by atoms with van der Waals surface area (Å²) in [7, 11) is 0. The maximum atomic E-state index is 13.1. The van der Waals surface area contributed by atoms with E-state index < -0.39 is 23.2 Å². The zero-order chi connectivity index (χ0) is 10.7. The average molecular weight is 196 g/mol. The molecule has 4 heteroatoms. The highest BCUT2D eigenvalue weighted by Gasteiger charge is 2.13. The van der Waals surface area contributed by atoms with Crippen LogP contribution >= 0.6 is 0 Å². The summed E-state index contributed by atoms with van der Waals surface area (Å²) < 4.78 is 26.2. The van der Waals surface area contributed by atoms with Crippen molar-refractivity contribution in [3.05, 3.63) is 34.9 Å². The lowest BCUT2D eigenvalue weighted by molar-refractivity contribution is 0.565. The Morgan fingerprint density at radius 3 is 2.29 bits per heavy atom. The van der Waals surface area contributed by atoms with Crippen molar-refractivity contribution in [2.45, 2.75) is 19.4 Å². The lowest BCUT2D eigenvalue weighted by Crippen LogP contribution is -2.10. The van der Waals surface area contributed by atoms with Crippen molar-refractivity contribution in [3.63, 3.8) is 0 Å². The maximum absolute atomic E-state index is 13.1. The van der Waals surface area contributed by atoms with Crippen molar-refractivity contribution in [2.24, 2.45) is 5.73 Å². The Balaban J connectivity index is 3.22. The molecule has 14 heavy (non-hydrogen) atoms. The van der Waals surface area contributed by atoms with Gasteiger partial charge >= 0.3 is 0 Å². The van der Waals surface area contributed by atoms with Crippen molar-refractivity contribution in [2.75, 3.05) is 0 Å². The molecule has 2 nitrogen and oxygen atoms in total. The van der Waals surface area contributed by atoms with Crippen LogP contribution in [0.25, 0.3) is 0 Å². The second-order valence-corrected chi connectivity index (χ2v) is 2.99. The number of hydrogen-bond donors (Lipinski definition) is 1. The Morgan fingerprint density at radius 2 is 1.93 bits per heavy atom. The first kappa shape index (κ1) is 10.6. The second-order valence-electron chi connectivity index (χ2n) is 2.99. The van der Waals surface area contributed by atoms with Gasteiger partial charge in [-0.15, -0.1) is 0 Å². The minimum Gasteiger partial charge on any atom is -0.324 e. The van der Waals surface area contributed by atoms with E-state index in [2.05, 4.69) is 0 Å². The Hall–Kier alpha value is -1.47. The molecular weight excluding hydrogens is 186 g/mol. The summed E-state index contributed by atoms with van der Waals surface area (Å²) in [6.07, 6.45) is 0.588. The van der Waals surface area contributed by atoms with Crippen LogP contribution in [0, 0.1) is 23.0 Å². The van der Waals surface area contributed by atoms with Gasteiger partial charge in [-0.2, -0.15) is 5.26 Å². The Labute approximate surface area is 81.0 Å². The molecule has 0 heterocycles. The van der Waals surface area contributed by atoms with Gasteiger partial charge in [-0.3, -0.25) is 0 Å². The highest BCUT2D eigenvalue weighted by Crippen LogP contribution is 2.20. The Kier molecular flexibility index (Phi) is 3.15. The first-order valence-corrected chi connectivity index (χ1v) is 4.24. The van der Waals surface area contributed by atoms with E-state index in [-0.39, 0.29) is 0 Å². The second kappa shape index (κ2) is 4.16. The lowest BCUT2D eigenvalue weighted by atomic mass is 10.0. The van der Waals surface area contributed by atoms with Crippen molar-refractivity contribution in [3.8, 4) is 6.07 Å². The van der Waals surface area contributed by atoms with E-state index in [1.165, 1.54) is 6.07 Å². The molecule has 1 atom stereocenters. The normalized spacial score (nSPS) is 12.2. The first-order valence-electron chi connectivity index (χ1n) is 4.24. The van der Waals surface area contributed by atoms with E-state index in [4.69, 9.17) is 11.0 Å². The van der Waals surface area contributed by atoms with E-state index in [1.807, 2.05) is 6.92 Å². The summed E-state index contributed by atoms with van der Waals surface area (Å²) in [6.45, 7) is 1.82. The fourth-order valence-corrected chi connectivity index (χ4v) is 1.15. The van der Waals surface area contributed by atoms with Crippen LogP contribution in [0.4, 0.5) is 8.78 Å². The Morgan fingerprint density at radius 1 is 1.43 bits per heavy atom. The number of nitrogens with two attached hydrogens (primary N) is 1. The van der Waals surface area contributed by atoms with Crippen LogP contribution in [0.3, 0.4) is 0 Å². The van der Waals surface area contributed by atoms with Gasteiger partial charge < -0.3 is 5.73 Å². The smallest absolute Gasteiger partial charge is 0.144 e. The predicted molar refractivity (Wildman–Crippen MR) is 48.3 cm³/mol. The highest BCUT2D eigenvalue weighted by atomic mass is 19.1. The third-order valence-corrected chi connectivity index (χ3v) is 2.04. The molecule has 0 unspecified atom stereocenters. The molecule has 0 bridgehead atoms. The van der Waals surface area contributed by atoms with Gasteiger partial charge in [-0.05, 0) is 24.1 Å². The predicted octanol–water partition coefficient (Wildman–Crippen LogP) is 2.25. The standard InChI is InChI=1S/C10H10F2N2/c1-2-10(14)6-3-8(11)7(5-13)9(12)4-6/h3-4,10H,2,14H2,1H3/t10-/m1/s1. The van der Waals surface area contributed by atoms with E-state index in [0.29, 0.717) is 12.0 Å². The first-order chi connectivity index (χ1) is 6.60. The molecule has 0 amide bonds. The number of hydrogen-bond acceptors (Lipinski definition) is 2. The van der Waals surface area contributed by atoms with Crippen LogP contribution in [0.15, 0.2) is 12.1 Å². The zero-order valence-electron chi connectivity index (χ0n) is 7.72. The molecule has 0 aliphatic heterocycles. The molecule has 2 N–H and O–H groups in total. The summed E-state index contributed by atoms with van der Waals surface area (Å²) in [5.41, 5.74) is 5.43. The molecule has 0 saturated heterocycles. The molecule has 1 aromatic rings. The molecule has 1 aromatic carbocycles. The van der Waals surface area contributed by atoms with Crippen molar-refractivity contribution < 1.29 is 8.78 Å². The molecule has 0 radical (unpaired) electrons. The van der Waals surface area contributed by atoms with Gasteiger partial charge in [-0.25, -0.2) is 8.78 Å². The summed E-state index contributed by atoms with van der Waals surface area (Å²) in [5, 5.41) is 8.42. The SMILES string of the molecule is CC[C@@H](N)c1cc(F)c(C#N)c(F)c1. The quantitative estimate of drug-likeness (QED) is 0.788. The van der Waals surface area contributed by atoms with Gasteiger partial charge in [0.25, 0.3) is 0 Å². The molecule has 0 spiro atoms. The summed E-state index contributed by atoms with van der Waals surface area (Å²) in [6, 6.07) is 3.27. The van der Waals surface area contributed by atoms with Gasteiger partial charge in [0.1, 0.15) is 23.3 Å². The monoisotopic (exact) mass is 196 g/mol. The summed E-state index contributed by atoms with van der Waals surface area (Å²) >= 11 is 0. The molecule has 0 aromatic heterocycles. The van der Waals surface area contributed by atoms with Crippen LogP contribution in [-0.2, 0) is 0 Å². The molecule has 74 valence electrons. The lowest BCUT2D eigenvalue weighted by Gasteiger charge is -2.09. The minimum absolute atomic E-state index is 0.376. The van der Waals surface area contributed by atoms with Crippen LogP contribution < -0.4 is 5.73 Å². The number of benzene rings is 1. The highest BCUT2D eigenvalue weighted by molar-refractivity contribution is 5.36. The topological polar surface area (TPSA) is 49.8 Å².